The zero-order chi connectivity index (χ0) is 26.8. The predicted molar refractivity (Wildman–Crippen MR) is 137 cm³/mol. The van der Waals surface area contributed by atoms with Crippen LogP contribution in [0.2, 0.25) is 0 Å². The number of phenols is 1. The number of carboxylic acids is 1. The smallest absolute Gasteiger partial charge is 0.339 e. The van der Waals surface area contributed by atoms with Gasteiger partial charge in [0.15, 0.2) is 0 Å². The van der Waals surface area contributed by atoms with Crippen LogP contribution < -0.4 is 4.74 Å². The van der Waals surface area contributed by atoms with Gasteiger partial charge in [0.05, 0.1) is 12.7 Å². The van der Waals surface area contributed by atoms with Gasteiger partial charge in [-0.15, -0.1) is 0 Å². The number of rotatable bonds is 13. The Labute approximate surface area is 213 Å². The molecule has 0 amide bonds. The number of allylic oxidation sites excluding steroid dienone is 4. The summed E-state index contributed by atoms with van der Waals surface area (Å²) in [5.41, 5.74) is 2.91. The van der Waals surface area contributed by atoms with Gasteiger partial charge in [-0.2, -0.15) is 0 Å². The van der Waals surface area contributed by atoms with Gasteiger partial charge in [0.2, 0.25) is 6.29 Å². The van der Waals surface area contributed by atoms with Gasteiger partial charge in [-0.25, -0.2) is 4.79 Å². The number of carboxylic acid groups (broad SMARTS) is 1. The van der Waals surface area contributed by atoms with E-state index in [1.807, 2.05) is 33.8 Å². The maximum absolute atomic E-state index is 12.1. The molecule has 1 heterocycles. The van der Waals surface area contributed by atoms with E-state index in [4.69, 9.17) is 9.47 Å². The molecule has 0 aromatic heterocycles. The molecular formula is C28H42O8. The zero-order valence-corrected chi connectivity index (χ0v) is 21.9. The SMILES string of the molecule is CCCCCc1cc(OC2O[C@H](CO)[C@@H](O)C[C@H]2O)c(C/C=C(\C)CCC=C(C)C)c(O)c1C(=O)O. The first kappa shape index (κ1) is 29.8. The van der Waals surface area contributed by atoms with E-state index >= 15 is 0 Å². The summed E-state index contributed by atoms with van der Waals surface area (Å²) in [5.74, 6) is -1.35. The van der Waals surface area contributed by atoms with Crippen molar-refractivity contribution in [1.82, 2.24) is 0 Å². The average Bonchev–Trinajstić information content (AvgIpc) is 2.80. The number of aliphatic hydroxyl groups excluding tert-OH is 3. The molecule has 1 saturated heterocycles. The summed E-state index contributed by atoms with van der Waals surface area (Å²) in [6.07, 6.45) is 4.71. The zero-order valence-electron chi connectivity index (χ0n) is 21.9. The van der Waals surface area contributed by atoms with Crippen molar-refractivity contribution in [2.75, 3.05) is 6.61 Å². The second kappa shape index (κ2) is 14.4. The van der Waals surface area contributed by atoms with Crippen LogP contribution in [0.25, 0.3) is 0 Å². The highest BCUT2D eigenvalue weighted by Crippen LogP contribution is 2.38. The minimum atomic E-state index is -1.21. The minimum Gasteiger partial charge on any atom is -0.507 e. The van der Waals surface area contributed by atoms with E-state index in [0.29, 0.717) is 12.0 Å². The summed E-state index contributed by atoms with van der Waals surface area (Å²) in [6.45, 7) is 7.67. The van der Waals surface area contributed by atoms with Gasteiger partial charge >= 0.3 is 5.97 Å². The second-order valence-corrected chi connectivity index (χ2v) is 9.79. The van der Waals surface area contributed by atoms with Crippen LogP contribution in [0, 0.1) is 0 Å². The van der Waals surface area contributed by atoms with Crippen molar-refractivity contribution in [3.05, 3.63) is 46.1 Å². The van der Waals surface area contributed by atoms with Gasteiger partial charge in [0.1, 0.15) is 29.3 Å². The molecule has 1 aromatic carbocycles. The lowest BCUT2D eigenvalue weighted by atomic mass is 9.94. The number of hydrogen-bond acceptors (Lipinski definition) is 7. The maximum Gasteiger partial charge on any atom is 0.339 e. The molecule has 0 spiro atoms. The molecule has 8 nitrogen and oxygen atoms in total. The Bertz CT molecular complexity index is 932. The molecule has 2 rings (SSSR count). The molecular weight excluding hydrogens is 464 g/mol. The first-order valence-corrected chi connectivity index (χ1v) is 12.8. The van der Waals surface area contributed by atoms with Crippen molar-refractivity contribution in [3.8, 4) is 11.5 Å². The van der Waals surface area contributed by atoms with Crippen molar-refractivity contribution in [3.63, 3.8) is 0 Å². The van der Waals surface area contributed by atoms with Crippen LogP contribution in [0.4, 0.5) is 0 Å². The highest BCUT2D eigenvalue weighted by molar-refractivity contribution is 5.93. The summed E-state index contributed by atoms with van der Waals surface area (Å²) < 4.78 is 11.6. The van der Waals surface area contributed by atoms with E-state index in [1.54, 1.807) is 6.07 Å². The van der Waals surface area contributed by atoms with Crippen molar-refractivity contribution in [2.45, 2.75) is 104 Å². The molecule has 0 bridgehead atoms. The van der Waals surface area contributed by atoms with Gasteiger partial charge in [-0.05, 0) is 64.5 Å². The maximum atomic E-state index is 12.1. The van der Waals surface area contributed by atoms with Crippen LogP contribution in [0.5, 0.6) is 11.5 Å². The molecule has 0 saturated carbocycles. The van der Waals surface area contributed by atoms with E-state index in [2.05, 4.69) is 6.08 Å². The number of aryl methyl sites for hydroxylation is 1. The van der Waals surface area contributed by atoms with Crippen LogP contribution in [0.1, 0.15) is 87.7 Å². The minimum absolute atomic E-state index is 0.0445. The Kier molecular flexibility index (Phi) is 11.9. The van der Waals surface area contributed by atoms with E-state index in [1.165, 1.54) is 5.57 Å². The molecule has 0 radical (unpaired) electrons. The molecule has 36 heavy (non-hydrogen) atoms. The largest absolute Gasteiger partial charge is 0.507 e. The lowest BCUT2D eigenvalue weighted by Gasteiger charge is -2.36. The van der Waals surface area contributed by atoms with Gasteiger partial charge in [-0.1, -0.05) is 43.1 Å². The quantitative estimate of drug-likeness (QED) is 0.198. The number of aliphatic hydroxyl groups is 3. The standard InChI is InChI=1S/C28H42O8/c1-5-6-7-11-19-14-23(35-28-22(31)15-21(30)24(16-29)36-28)20(26(32)25(19)27(33)34)13-12-18(4)10-8-9-17(2)3/h9,12,14,21-22,24,28-32H,5-8,10-11,13,15-16H2,1-4H3,(H,33,34)/b18-12+/t21-,22+,24+,28?/m0/s1. The Morgan fingerprint density at radius 1 is 1.17 bits per heavy atom. The molecule has 1 aliphatic heterocycles. The Balaban J connectivity index is 2.45. The molecule has 1 unspecified atom stereocenters. The summed E-state index contributed by atoms with van der Waals surface area (Å²) in [7, 11) is 0. The Hall–Kier alpha value is -2.39. The number of ether oxygens (including phenoxy) is 2. The predicted octanol–water partition coefficient (Wildman–Crippen LogP) is 4.27. The number of aromatic carboxylic acids is 1. The van der Waals surface area contributed by atoms with Gasteiger partial charge in [0, 0.05) is 12.0 Å². The molecule has 5 N–H and O–H groups in total. The molecule has 4 atom stereocenters. The van der Waals surface area contributed by atoms with Gasteiger partial charge in [0.25, 0.3) is 0 Å². The summed E-state index contributed by atoms with van der Waals surface area (Å²) in [4.78, 5) is 12.1. The Morgan fingerprint density at radius 3 is 2.50 bits per heavy atom. The lowest BCUT2D eigenvalue weighted by Crippen LogP contribution is -2.51. The average molecular weight is 507 g/mol. The normalized spacial score (nSPS) is 22.4. The molecule has 1 aliphatic rings. The van der Waals surface area contributed by atoms with E-state index in [9.17, 15) is 30.3 Å². The van der Waals surface area contributed by atoms with Gasteiger partial charge < -0.3 is 35.0 Å². The highest BCUT2D eigenvalue weighted by Gasteiger charge is 2.38. The van der Waals surface area contributed by atoms with Crippen molar-refractivity contribution in [2.24, 2.45) is 0 Å². The third-order valence-corrected chi connectivity index (χ3v) is 6.41. The topological polar surface area (TPSA) is 137 Å². The highest BCUT2D eigenvalue weighted by atomic mass is 16.7. The van der Waals surface area contributed by atoms with Crippen LogP contribution >= 0.6 is 0 Å². The monoisotopic (exact) mass is 506 g/mol. The fourth-order valence-corrected chi connectivity index (χ4v) is 4.27. The molecule has 0 aliphatic carbocycles. The van der Waals surface area contributed by atoms with Crippen LogP contribution in [0.15, 0.2) is 29.4 Å². The lowest BCUT2D eigenvalue weighted by molar-refractivity contribution is -0.240. The fourth-order valence-electron chi connectivity index (χ4n) is 4.27. The van der Waals surface area contributed by atoms with Crippen LogP contribution in [-0.4, -0.2) is 62.7 Å². The number of aromatic hydroxyl groups is 1. The Morgan fingerprint density at radius 2 is 1.89 bits per heavy atom. The van der Waals surface area contributed by atoms with Crippen molar-refractivity contribution < 1.29 is 39.8 Å². The van der Waals surface area contributed by atoms with Crippen LogP contribution in [-0.2, 0) is 17.6 Å². The van der Waals surface area contributed by atoms with Crippen molar-refractivity contribution >= 4 is 5.97 Å². The number of hydrogen-bond donors (Lipinski definition) is 5. The molecule has 8 heteroatoms. The van der Waals surface area contributed by atoms with Gasteiger partial charge in [-0.3, -0.25) is 0 Å². The summed E-state index contributed by atoms with van der Waals surface area (Å²) >= 11 is 0. The number of carbonyl (C=O) groups is 1. The number of benzene rings is 1. The first-order chi connectivity index (χ1) is 17.1. The number of unbranched alkanes of at least 4 members (excludes halogenated alkanes) is 2. The first-order valence-electron chi connectivity index (χ1n) is 12.8. The molecule has 1 aromatic rings. The van der Waals surface area contributed by atoms with E-state index < -0.39 is 37.2 Å². The molecule has 1 fully saturated rings. The fraction of sp³-hybridized carbons (Fsp3) is 0.607. The second-order valence-electron chi connectivity index (χ2n) is 9.79. The van der Waals surface area contributed by atoms with E-state index in [0.717, 1.165) is 37.7 Å². The van der Waals surface area contributed by atoms with Crippen molar-refractivity contribution in [1.29, 1.82) is 0 Å². The van der Waals surface area contributed by atoms with E-state index in [-0.39, 0.29) is 35.5 Å². The third kappa shape index (κ3) is 8.34. The summed E-state index contributed by atoms with van der Waals surface area (Å²) in [6, 6.07) is 1.61. The molecule has 202 valence electrons. The summed E-state index contributed by atoms with van der Waals surface area (Å²) in [5, 5.41) is 50.9. The van der Waals surface area contributed by atoms with Crippen LogP contribution in [0.3, 0.4) is 0 Å². The third-order valence-electron chi connectivity index (χ3n) is 6.41.